The van der Waals surface area contributed by atoms with E-state index in [1.807, 2.05) is 0 Å². The Labute approximate surface area is 100 Å². The van der Waals surface area contributed by atoms with Gasteiger partial charge in [0.05, 0.1) is 26.4 Å². The van der Waals surface area contributed by atoms with Gasteiger partial charge in [0.1, 0.15) is 0 Å². The monoisotopic (exact) mass is 232 g/mol. The van der Waals surface area contributed by atoms with Crippen LogP contribution in [0.15, 0.2) is 0 Å². The molecular formula is C12H28N2O2. The maximum Gasteiger partial charge on any atom is 0.0701 e. The molecule has 98 valence electrons. The van der Waals surface area contributed by atoms with Crippen LogP contribution in [-0.2, 0) is 9.47 Å². The van der Waals surface area contributed by atoms with Crippen molar-refractivity contribution in [3.05, 3.63) is 0 Å². The summed E-state index contributed by atoms with van der Waals surface area (Å²) < 4.78 is 10.7. The summed E-state index contributed by atoms with van der Waals surface area (Å²) in [7, 11) is 0. The van der Waals surface area contributed by atoms with E-state index in [9.17, 15) is 0 Å². The summed E-state index contributed by atoms with van der Waals surface area (Å²) in [6, 6.07) is 1.13. The van der Waals surface area contributed by atoms with E-state index < -0.39 is 0 Å². The van der Waals surface area contributed by atoms with Crippen LogP contribution in [0.4, 0.5) is 0 Å². The lowest BCUT2D eigenvalue weighted by Gasteiger charge is -2.30. The number of ether oxygens (including phenoxy) is 2. The lowest BCUT2D eigenvalue weighted by Crippen LogP contribution is -2.39. The zero-order valence-corrected chi connectivity index (χ0v) is 11.2. The molecule has 0 atom stereocenters. The topological polar surface area (TPSA) is 47.7 Å². The van der Waals surface area contributed by atoms with Gasteiger partial charge in [-0.15, -0.1) is 0 Å². The van der Waals surface area contributed by atoms with Crippen molar-refractivity contribution < 1.29 is 9.47 Å². The molecule has 4 heteroatoms. The van der Waals surface area contributed by atoms with E-state index in [0.717, 1.165) is 13.2 Å². The van der Waals surface area contributed by atoms with Gasteiger partial charge >= 0.3 is 0 Å². The van der Waals surface area contributed by atoms with Crippen LogP contribution in [-0.4, -0.2) is 56.5 Å². The standard InChI is InChI=1S/C12H28N2O2/c1-11(2)14(12(3)4)6-8-16-10-9-15-7-5-13/h11-12H,5-10,13H2,1-4H3. The third-order valence-electron chi connectivity index (χ3n) is 2.45. The van der Waals surface area contributed by atoms with Crippen molar-refractivity contribution in [2.45, 2.75) is 39.8 Å². The maximum absolute atomic E-state index is 5.50. The highest BCUT2D eigenvalue weighted by atomic mass is 16.5. The van der Waals surface area contributed by atoms with E-state index in [2.05, 4.69) is 32.6 Å². The second kappa shape index (κ2) is 10.0. The van der Waals surface area contributed by atoms with Gasteiger partial charge in [0.25, 0.3) is 0 Å². The quantitative estimate of drug-likeness (QED) is 0.573. The lowest BCUT2D eigenvalue weighted by atomic mass is 10.2. The number of rotatable bonds is 10. The molecule has 0 aromatic rings. The van der Waals surface area contributed by atoms with E-state index in [1.165, 1.54) is 0 Å². The third kappa shape index (κ3) is 8.05. The molecule has 0 aromatic carbocycles. The minimum absolute atomic E-state index is 0.567. The van der Waals surface area contributed by atoms with E-state index in [1.54, 1.807) is 0 Å². The molecule has 0 fully saturated rings. The molecule has 0 saturated carbocycles. The molecule has 0 rings (SSSR count). The van der Waals surface area contributed by atoms with Crippen LogP contribution in [0, 0.1) is 0 Å². The molecule has 0 unspecified atom stereocenters. The smallest absolute Gasteiger partial charge is 0.0701 e. The van der Waals surface area contributed by atoms with E-state index in [4.69, 9.17) is 15.2 Å². The number of hydrogen-bond acceptors (Lipinski definition) is 4. The van der Waals surface area contributed by atoms with Gasteiger partial charge in [-0.2, -0.15) is 0 Å². The molecule has 0 amide bonds. The fraction of sp³-hybridized carbons (Fsp3) is 1.00. The van der Waals surface area contributed by atoms with Gasteiger partial charge in [-0.05, 0) is 27.7 Å². The Balaban J connectivity index is 3.41. The molecule has 0 aliphatic rings. The summed E-state index contributed by atoms with van der Waals surface area (Å²) in [6.07, 6.45) is 0. The molecule has 0 aliphatic heterocycles. The highest BCUT2D eigenvalue weighted by Crippen LogP contribution is 2.03. The van der Waals surface area contributed by atoms with Gasteiger partial charge < -0.3 is 15.2 Å². The van der Waals surface area contributed by atoms with Gasteiger partial charge in [0, 0.05) is 25.2 Å². The minimum atomic E-state index is 0.567. The predicted octanol–water partition coefficient (Wildman–Crippen LogP) is 1.10. The zero-order chi connectivity index (χ0) is 12.4. The summed E-state index contributed by atoms with van der Waals surface area (Å²) in [5, 5.41) is 0. The van der Waals surface area contributed by atoms with Crippen molar-refractivity contribution in [3.63, 3.8) is 0 Å². The first-order valence-electron chi connectivity index (χ1n) is 6.20. The number of nitrogens with two attached hydrogens (primary N) is 1. The van der Waals surface area contributed by atoms with Crippen LogP contribution in [0.2, 0.25) is 0 Å². The second-order valence-electron chi connectivity index (χ2n) is 4.44. The SMILES string of the molecule is CC(C)N(CCOCCOCCN)C(C)C. The summed E-state index contributed by atoms with van der Waals surface area (Å²) in [6.45, 7) is 13.1. The molecule has 16 heavy (non-hydrogen) atoms. The van der Waals surface area contributed by atoms with Crippen molar-refractivity contribution in [1.82, 2.24) is 4.90 Å². The molecule has 0 saturated heterocycles. The van der Waals surface area contributed by atoms with Crippen LogP contribution in [0.3, 0.4) is 0 Å². The highest BCUT2D eigenvalue weighted by Gasteiger charge is 2.12. The Morgan fingerprint density at radius 3 is 1.81 bits per heavy atom. The van der Waals surface area contributed by atoms with Crippen molar-refractivity contribution in [1.29, 1.82) is 0 Å². The van der Waals surface area contributed by atoms with Crippen LogP contribution in [0.5, 0.6) is 0 Å². The average Bonchev–Trinajstić information content (AvgIpc) is 2.21. The summed E-state index contributed by atoms with van der Waals surface area (Å²) in [4.78, 5) is 2.42. The van der Waals surface area contributed by atoms with Crippen LogP contribution < -0.4 is 5.73 Å². The first-order chi connectivity index (χ1) is 7.59. The molecule has 0 aliphatic carbocycles. The van der Waals surface area contributed by atoms with E-state index in [-0.39, 0.29) is 0 Å². The van der Waals surface area contributed by atoms with Crippen molar-refractivity contribution in [2.75, 3.05) is 39.5 Å². The van der Waals surface area contributed by atoms with Gasteiger partial charge in [-0.25, -0.2) is 0 Å². The fourth-order valence-corrected chi connectivity index (χ4v) is 1.69. The summed E-state index contributed by atoms with van der Waals surface area (Å²) in [5.41, 5.74) is 5.30. The summed E-state index contributed by atoms with van der Waals surface area (Å²) in [5.74, 6) is 0. The molecule has 0 radical (unpaired) electrons. The molecule has 0 bridgehead atoms. The maximum atomic E-state index is 5.50. The second-order valence-corrected chi connectivity index (χ2v) is 4.44. The molecule has 0 heterocycles. The van der Waals surface area contributed by atoms with Crippen molar-refractivity contribution in [3.8, 4) is 0 Å². The Morgan fingerprint density at radius 2 is 1.38 bits per heavy atom. The predicted molar refractivity (Wildman–Crippen MR) is 67.7 cm³/mol. The first kappa shape index (κ1) is 15.8. The molecule has 0 aromatic heterocycles. The van der Waals surface area contributed by atoms with Crippen molar-refractivity contribution >= 4 is 0 Å². The fourth-order valence-electron chi connectivity index (χ4n) is 1.69. The summed E-state index contributed by atoms with van der Waals surface area (Å²) >= 11 is 0. The van der Waals surface area contributed by atoms with E-state index >= 15 is 0 Å². The number of hydrogen-bond donors (Lipinski definition) is 1. The van der Waals surface area contributed by atoms with Gasteiger partial charge in [0.2, 0.25) is 0 Å². The van der Waals surface area contributed by atoms with Crippen LogP contribution >= 0.6 is 0 Å². The van der Waals surface area contributed by atoms with Crippen molar-refractivity contribution in [2.24, 2.45) is 5.73 Å². The zero-order valence-electron chi connectivity index (χ0n) is 11.2. The van der Waals surface area contributed by atoms with Gasteiger partial charge in [0.15, 0.2) is 0 Å². The molecular weight excluding hydrogens is 204 g/mol. The average molecular weight is 232 g/mol. The minimum Gasteiger partial charge on any atom is -0.378 e. The number of nitrogens with zero attached hydrogens (tertiary/aromatic N) is 1. The molecule has 0 spiro atoms. The highest BCUT2D eigenvalue weighted by molar-refractivity contribution is 4.66. The van der Waals surface area contributed by atoms with Gasteiger partial charge in [-0.1, -0.05) is 0 Å². The Kier molecular flexibility index (Phi) is 9.92. The third-order valence-corrected chi connectivity index (χ3v) is 2.45. The molecule has 4 nitrogen and oxygen atoms in total. The largest absolute Gasteiger partial charge is 0.378 e. The van der Waals surface area contributed by atoms with Gasteiger partial charge in [-0.3, -0.25) is 4.90 Å². The normalized spacial score (nSPS) is 12.0. The van der Waals surface area contributed by atoms with E-state index in [0.29, 0.717) is 38.4 Å². The lowest BCUT2D eigenvalue weighted by molar-refractivity contribution is 0.0326. The first-order valence-corrected chi connectivity index (χ1v) is 6.20. The molecule has 2 N–H and O–H groups in total. The Hall–Kier alpha value is -0.160. The Bertz CT molecular complexity index is 144. The van der Waals surface area contributed by atoms with Crippen LogP contribution in [0.25, 0.3) is 0 Å². The Morgan fingerprint density at radius 1 is 0.875 bits per heavy atom. The van der Waals surface area contributed by atoms with Crippen LogP contribution in [0.1, 0.15) is 27.7 Å².